The molecule has 0 saturated heterocycles. The number of aromatic carboxylic acids is 1. The van der Waals surface area contributed by atoms with Crippen molar-refractivity contribution in [1.82, 2.24) is 4.98 Å². The number of aromatic nitrogens is 1. The van der Waals surface area contributed by atoms with Gasteiger partial charge in [0.25, 0.3) is 0 Å². The average Bonchev–Trinajstić information content (AvgIpc) is 2.86. The van der Waals surface area contributed by atoms with E-state index in [1.165, 1.54) is 16.9 Å². The summed E-state index contributed by atoms with van der Waals surface area (Å²) in [5.41, 5.74) is 1.32. The van der Waals surface area contributed by atoms with Gasteiger partial charge in [-0.05, 0) is 22.4 Å². The fraction of sp³-hybridized carbons (Fsp3) is 0.200. The number of carboxylic acids is 1. The van der Waals surface area contributed by atoms with Crippen LogP contribution in [0.5, 0.6) is 0 Å². The molecule has 0 aliphatic heterocycles. The molecule has 0 bridgehead atoms. The lowest BCUT2D eigenvalue weighted by molar-refractivity contribution is 0.0691. The van der Waals surface area contributed by atoms with Crippen LogP contribution in [-0.2, 0) is 6.54 Å². The highest BCUT2D eigenvalue weighted by Gasteiger charge is 2.11. The van der Waals surface area contributed by atoms with Crippen LogP contribution in [0.3, 0.4) is 0 Å². The van der Waals surface area contributed by atoms with Gasteiger partial charge in [0.15, 0.2) is 10.8 Å². The van der Waals surface area contributed by atoms with E-state index in [1.54, 1.807) is 16.7 Å². The van der Waals surface area contributed by atoms with Gasteiger partial charge in [0.2, 0.25) is 0 Å². The molecule has 0 radical (unpaired) electrons. The van der Waals surface area contributed by atoms with E-state index in [9.17, 15) is 4.79 Å². The molecule has 2 heterocycles. The lowest BCUT2D eigenvalue weighted by atomic mass is 10.3. The average molecular weight is 254 g/mol. The summed E-state index contributed by atoms with van der Waals surface area (Å²) in [6.45, 7) is 0.746. The zero-order valence-corrected chi connectivity index (χ0v) is 10.2. The summed E-state index contributed by atoms with van der Waals surface area (Å²) in [6, 6.07) is 2.05. The summed E-state index contributed by atoms with van der Waals surface area (Å²) in [5.74, 6) is -0.980. The smallest absolute Gasteiger partial charge is 0.355 e. The predicted molar refractivity (Wildman–Crippen MR) is 65.5 cm³/mol. The van der Waals surface area contributed by atoms with Gasteiger partial charge >= 0.3 is 5.97 Å². The molecule has 6 heteroatoms. The number of hydrogen-bond donors (Lipinski definition) is 1. The molecule has 0 spiro atoms. The Morgan fingerprint density at radius 2 is 2.38 bits per heavy atom. The van der Waals surface area contributed by atoms with Gasteiger partial charge in [-0.1, -0.05) is 0 Å². The normalized spacial score (nSPS) is 10.3. The van der Waals surface area contributed by atoms with Gasteiger partial charge in [0.1, 0.15) is 0 Å². The maximum atomic E-state index is 10.7. The van der Waals surface area contributed by atoms with Crippen LogP contribution in [0.25, 0.3) is 0 Å². The molecular weight excluding hydrogens is 244 g/mol. The van der Waals surface area contributed by atoms with Crippen molar-refractivity contribution >= 4 is 33.8 Å². The Labute approximate surface area is 101 Å². The Morgan fingerprint density at radius 3 is 2.94 bits per heavy atom. The zero-order valence-electron chi connectivity index (χ0n) is 8.58. The number of anilines is 1. The molecule has 0 unspecified atom stereocenters. The van der Waals surface area contributed by atoms with Crippen LogP contribution in [0.1, 0.15) is 16.1 Å². The Kier molecular flexibility index (Phi) is 3.21. The maximum absolute atomic E-state index is 10.7. The van der Waals surface area contributed by atoms with Gasteiger partial charge in [-0.25, -0.2) is 9.78 Å². The van der Waals surface area contributed by atoms with E-state index in [0.29, 0.717) is 0 Å². The molecule has 0 amide bonds. The molecular formula is C10H10N2O2S2. The third-order valence-electron chi connectivity index (χ3n) is 2.04. The van der Waals surface area contributed by atoms with Crippen molar-refractivity contribution in [3.63, 3.8) is 0 Å². The summed E-state index contributed by atoms with van der Waals surface area (Å²) in [7, 11) is 1.90. The standard InChI is InChI=1S/C10H10N2O2S2/c1-12(4-7-2-3-15-5-7)10-11-8(6-16-10)9(13)14/h2-3,5-6H,4H2,1H3,(H,13,14). The second kappa shape index (κ2) is 4.63. The number of nitrogens with zero attached hydrogens (tertiary/aromatic N) is 2. The summed E-state index contributed by atoms with van der Waals surface area (Å²) < 4.78 is 0. The van der Waals surface area contributed by atoms with Gasteiger partial charge in [0.05, 0.1) is 0 Å². The van der Waals surface area contributed by atoms with E-state index in [-0.39, 0.29) is 5.69 Å². The van der Waals surface area contributed by atoms with Crippen molar-refractivity contribution in [3.05, 3.63) is 33.5 Å². The largest absolute Gasteiger partial charge is 0.476 e. The van der Waals surface area contributed by atoms with E-state index in [4.69, 9.17) is 5.11 Å². The molecule has 2 rings (SSSR count). The highest BCUT2D eigenvalue weighted by atomic mass is 32.1. The summed E-state index contributed by atoms with van der Waals surface area (Å²) in [4.78, 5) is 16.7. The molecule has 0 atom stereocenters. The van der Waals surface area contributed by atoms with Crippen molar-refractivity contribution in [1.29, 1.82) is 0 Å². The molecule has 84 valence electrons. The third kappa shape index (κ3) is 2.40. The minimum absolute atomic E-state index is 0.108. The lowest BCUT2D eigenvalue weighted by Gasteiger charge is -2.14. The Bertz CT molecular complexity index is 479. The van der Waals surface area contributed by atoms with Crippen LogP contribution in [0.4, 0.5) is 5.13 Å². The van der Waals surface area contributed by atoms with Crippen molar-refractivity contribution in [2.24, 2.45) is 0 Å². The Morgan fingerprint density at radius 1 is 1.56 bits per heavy atom. The number of thiazole rings is 1. The highest BCUT2D eigenvalue weighted by Crippen LogP contribution is 2.21. The van der Waals surface area contributed by atoms with E-state index in [1.807, 2.05) is 23.4 Å². The number of hydrogen-bond acceptors (Lipinski definition) is 5. The third-order valence-corrected chi connectivity index (χ3v) is 3.72. The SMILES string of the molecule is CN(Cc1ccsc1)c1nc(C(=O)O)cs1. The first-order valence-electron chi connectivity index (χ1n) is 4.58. The van der Waals surface area contributed by atoms with Crippen LogP contribution >= 0.6 is 22.7 Å². The number of thiophene rings is 1. The summed E-state index contributed by atoms with van der Waals surface area (Å²) >= 11 is 2.99. The first kappa shape index (κ1) is 11.1. The van der Waals surface area contributed by atoms with E-state index >= 15 is 0 Å². The fourth-order valence-corrected chi connectivity index (χ4v) is 2.69. The molecule has 1 N–H and O–H groups in total. The molecule has 0 aromatic carbocycles. The van der Waals surface area contributed by atoms with Gasteiger partial charge in [-0.3, -0.25) is 0 Å². The topological polar surface area (TPSA) is 53.4 Å². The van der Waals surface area contributed by atoms with Gasteiger partial charge in [-0.15, -0.1) is 11.3 Å². The molecule has 0 aliphatic carbocycles. The minimum atomic E-state index is -0.980. The number of rotatable bonds is 4. The summed E-state index contributed by atoms with van der Waals surface area (Å²) in [6.07, 6.45) is 0. The van der Waals surface area contributed by atoms with Crippen LogP contribution in [0.2, 0.25) is 0 Å². The minimum Gasteiger partial charge on any atom is -0.476 e. The van der Waals surface area contributed by atoms with E-state index in [0.717, 1.165) is 11.7 Å². The fourth-order valence-electron chi connectivity index (χ4n) is 1.26. The molecule has 0 saturated carbocycles. The van der Waals surface area contributed by atoms with Gasteiger partial charge in [-0.2, -0.15) is 11.3 Å². The van der Waals surface area contributed by atoms with Crippen molar-refractivity contribution in [2.75, 3.05) is 11.9 Å². The number of carboxylic acid groups (broad SMARTS) is 1. The molecule has 0 aliphatic rings. The Balaban J connectivity index is 2.08. The number of carbonyl (C=O) groups is 1. The summed E-state index contributed by atoms with van der Waals surface area (Å²) in [5, 5.41) is 15.1. The highest BCUT2D eigenvalue weighted by molar-refractivity contribution is 7.13. The van der Waals surface area contributed by atoms with Crippen molar-refractivity contribution < 1.29 is 9.90 Å². The second-order valence-corrected chi connectivity index (χ2v) is 4.92. The molecule has 2 aromatic heterocycles. The zero-order chi connectivity index (χ0) is 11.5. The van der Waals surface area contributed by atoms with Crippen LogP contribution < -0.4 is 4.90 Å². The van der Waals surface area contributed by atoms with Crippen LogP contribution in [0, 0.1) is 0 Å². The molecule has 16 heavy (non-hydrogen) atoms. The van der Waals surface area contributed by atoms with Crippen molar-refractivity contribution in [2.45, 2.75) is 6.54 Å². The van der Waals surface area contributed by atoms with Gasteiger partial charge in [0, 0.05) is 19.0 Å². The molecule has 2 aromatic rings. The maximum Gasteiger partial charge on any atom is 0.355 e. The van der Waals surface area contributed by atoms with Gasteiger partial charge < -0.3 is 10.0 Å². The van der Waals surface area contributed by atoms with Crippen molar-refractivity contribution in [3.8, 4) is 0 Å². The lowest BCUT2D eigenvalue weighted by Crippen LogP contribution is -2.15. The van der Waals surface area contributed by atoms with E-state index in [2.05, 4.69) is 10.4 Å². The second-order valence-electron chi connectivity index (χ2n) is 3.31. The first-order valence-corrected chi connectivity index (χ1v) is 6.40. The molecule has 4 nitrogen and oxygen atoms in total. The molecule has 0 fully saturated rings. The Hall–Kier alpha value is -1.40. The van der Waals surface area contributed by atoms with Crippen LogP contribution in [-0.4, -0.2) is 23.1 Å². The van der Waals surface area contributed by atoms with Crippen LogP contribution in [0.15, 0.2) is 22.2 Å². The predicted octanol–water partition coefficient (Wildman–Crippen LogP) is 2.54. The van der Waals surface area contributed by atoms with E-state index < -0.39 is 5.97 Å². The quantitative estimate of drug-likeness (QED) is 0.911. The first-order chi connectivity index (χ1) is 7.66. The monoisotopic (exact) mass is 254 g/mol.